The molecule has 4 rings (SSSR count). The molecule has 39 heavy (non-hydrogen) atoms. The van der Waals surface area contributed by atoms with Crippen molar-refractivity contribution in [2.24, 2.45) is 11.8 Å². The number of aliphatic hydroxyl groups is 1. The van der Waals surface area contributed by atoms with Gasteiger partial charge < -0.3 is 5.11 Å². The van der Waals surface area contributed by atoms with Crippen LogP contribution in [0.5, 0.6) is 0 Å². The summed E-state index contributed by atoms with van der Waals surface area (Å²) < 4.78 is 75.1. The van der Waals surface area contributed by atoms with Crippen LogP contribution in [0.3, 0.4) is 0 Å². The average Bonchev–Trinajstić information content (AvgIpc) is 2.93. The number of aromatic nitrogens is 4. The van der Waals surface area contributed by atoms with Gasteiger partial charge >= 0.3 is 18.5 Å². The first-order valence-electron chi connectivity index (χ1n) is 12.2. The van der Waals surface area contributed by atoms with Gasteiger partial charge in [0.05, 0.1) is 35.5 Å². The summed E-state index contributed by atoms with van der Waals surface area (Å²) >= 11 is 0. The number of rotatable bonds is 4. The largest absolute Gasteiger partial charge is 0.392 e. The van der Waals surface area contributed by atoms with E-state index < -0.39 is 24.2 Å². The summed E-state index contributed by atoms with van der Waals surface area (Å²) in [6.45, 7) is 1.79. The number of allylic oxidation sites excluding steroid dienone is 4. The summed E-state index contributed by atoms with van der Waals surface area (Å²) in [6, 6.07) is 3.47. The summed E-state index contributed by atoms with van der Waals surface area (Å²) in [7, 11) is 0. The van der Waals surface area contributed by atoms with Crippen LogP contribution < -0.4 is 0 Å². The normalized spacial score (nSPS) is 19.3. The molecule has 2 heterocycles. The van der Waals surface area contributed by atoms with E-state index in [1.165, 1.54) is 12.7 Å². The minimum absolute atomic E-state index is 0.00268. The van der Waals surface area contributed by atoms with Crippen LogP contribution in [0, 0.1) is 11.8 Å². The van der Waals surface area contributed by atoms with Crippen molar-refractivity contribution in [3.8, 4) is 0 Å². The van der Waals surface area contributed by atoms with E-state index in [-0.39, 0.29) is 38.4 Å². The van der Waals surface area contributed by atoms with Crippen molar-refractivity contribution in [3.05, 3.63) is 59.7 Å². The highest BCUT2D eigenvalue weighted by Gasteiger charge is 2.40. The number of aryl methyl sites for hydroxylation is 1. The molecule has 0 aromatic carbocycles. The van der Waals surface area contributed by atoms with Gasteiger partial charge in [0.2, 0.25) is 0 Å². The van der Waals surface area contributed by atoms with Crippen molar-refractivity contribution < 1.29 is 41.0 Å². The first kappa shape index (κ1) is 31.8. The zero-order valence-electron chi connectivity index (χ0n) is 21.1. The van der Waals surface area contributed by atoms with Gasteiger partial charge in [-0.05, 0) is 68.2 Å². The molecule has 1 N–H and O–H groups in total. The fourth-order valence-corrected chi connectivity index (χ4v) is 4.15. The average molecular weight is 559 g/mol. The van der Waals surface area contributed by atoms with Gasteiger partial charge in [-0.25, -0.2) is 19.9 Å². The lowest BCUT2D eigenvalue weighted by Crippen LogP contribution is -2.24. The Balaban J connectivity index is 0.000000249. The third kappa shape index (κ3) is 9.99. The Morgan fingerprint density at radius 3 is 1.54 bits per heavy atom. The minimum atomic E-state index is -4.12. The van der Waals surface area contributed by atoms with Crippen LogP contribution in [0.1, 0.15) is 68.2 Å². The number of carbonyl (C=O) groups excluding carboxylic acids is 2. The lowest BCUT2D eigenvalue weighted by molar-refractivity contribution is -0.192. The van der Waals surface area contributed by atoms with Crippen LogP contribution in [0.15, 0.2) is 36.9 Å². The molecule has 0 aliphatic heterocycles. The molecule has 0 spiro atoms. The molecule has 13 heteroatoms. The molecule has 2 aromatic rings. The molecule has 0 saturated carbocycles. The lowest BCUT2D eigenvalue weighted by atomic mass is 9.88. The van der Waals surface area contributed by atoms with E-state index in [0.29, 0.717) is 24.2 Å². The Hall–Kier alpha value is -3.44. The van der Waals surface area contributed by atoms with Gasteiger partial charge in [0.15, 0.2) is 0 Å². The van der Waals surface area contributed by atoms with Gasteiger partial charge in [-0.3, -0.25) is 0 Å². The molecule has 0 radical (unpaired) electrons. The van der Waals surface area contributed by atoms with Gasteiger partial charge in [-0.2, -0.15) is 35.9 Å². The Bertz CT molecular complexity index is 1090. The van der Waals surface area contributed by atoms with Gasteiger partial charge in [0, 0.05) is 5.69 Å². The molecule has 0 amide bonds. The van der Waals surface area contributed by atoms with E-state index in [4.69, 9.17) is 14.7 Å². The smallest absolute Gasteiger partial charge is 0.390 e. The predicted octanol–water partition coefficient (Wildman–Crippen LogP) is 5.92. The third-order valence-electron chi connectivity index (χ3n) is 6.38. The third-order valence-corrected chi connectivity index (χ3v) is 6.38. The number of aliphatic hydroxyl groups excluding tert-OH is 1. The zero-order valence-corrected chi connectivity index (χ0v) is 21.1. The fraction of sp³-hybridized carbons (Fsp3) is 0.500. The molecular weight excluding hydrogens is 530 g/mol. The molecule has 0 bridgehead atoms. The maximum Gasteiger partial charge on any atom is 0.392 e. The lowest BCUT2D eigenvalue weighted by Gasteiger charge is -2.23. The topological polar surface area (TPSA) is 106 Å². The number of hydrogen-bond acceptors (Lipinski definition) is 7. The quantitative estimate of drug-likeness (QED) is 0.465. The molecule has 0 fully saturated rings. The number of nitrogens with zero attached hydrogens (tertiary/aromatic N) is 4. The molecule has 7 nitrogen and oxygen atoms in total. The molecule has 0 saturated heterocycles. The van der Waals surface area contributed by atoms with Crippen LogP contribution in [0.2, 0.25) is 0 Å². The molecule has 2 unspecified atom stereocenters. The predicted molar refractivity (Wildman–Crippen MR) is 127 cm³/mol. The molecule has 2 aromatic heterocycles. The SMILES string of the molecule is CCc1cc(C2=CCC(C(F)(F)F)CC2)ncn1.O=C=O.OCc1cc(C2=CCC(C(F)(F)F)CC2)ncn1. The Morgan fingerprint density at radius 1 is 0.795 bits per heavy atom. The fourth-order valence-electron chi connectivity index (χ4n) is 4.15. The summed E-state index contributed by atoms with van der Waals surface area (Å²) in [6.07, 6.45) is -0.0101. The maximum atomic E-state index is 12.5. The van der Waals surface area contributed by atoms with E-state index in [2.05, 4.69) is 19.9 Å². The van der Waals surface area contributed by atoms with E-state index in [0.717, 1.165) is 29.0 Å². The highest BCUT2D eigenvalue weighted by Crippen LogP contribution is 2.40. The highest BCUT2D eigenvalue weighted by molar-refractivity contribution is 5.64. The minimum Gasteiger partial charge on any atom is -0.390 e. The summed E-state index contributed by atoms with van der Waals surface area (Å²) in [5.41, 5.74) is 4.47. The first-order chi connectivity index (χ1) is 18.4. The molecular formula is C26H28F6N4O3. The second-order valence-electron chi connectivity index (χ2n) is 8.87. The van der Waals surface area contributed by atoms with Gasteiger partial charge in [0.1, 0.15) is 12.7 Å². The van der Waals surface area contributed by atoms with E-state index in [1.807, 2.05) is 13.0 Å². The Morgan fingerprint density at radius 2 is 1.21 bits per heavy atom. The van der Waals surface area contributed by atoms with E-state index in [1.54, 1.807) is 18.2 Å². The molecule has 2 atom stereocenters. The monoisotopic (exact) mass is 558 g/mol. The van der Waals surface area contributed by atoms with Crippen LogP contribution >= 0.6 is 0 Å². The Kier molecular flexibility index (Phi) is 11.9. The second kappa shape index (κ2) is 14.6. The van der Waals surface area contributed by atoms with Crippen molar-refractivity contribution in [1.29, 1.82) is 0 Å². The molecule has 2 aliphatic rings. The van der Waals surface area contributed by atoms with Gasteiger partial charge in [-0.1, -0.05) is 19.1 Å². The van der Waals surface area contributed by atoms with Crippen molar-refractivity contribution >= 4 is 17.3 Å². The van der Waals surface area contributed by atoms with Crippen molar-refractivity contribution in [1.82, 2.24) is 19.9 Å². The van der Waals surface area contributed by atoms with Crippen molar-refractivity contribution in [2.45, 2.75) is 70.8 Å². The zero-order chi connectivity index (χ0) is 29.1. The number of hydrogen-bond donors (Lipinski definition) is 1. The molecule has 212 valence electrons. The van der Waals surface area contributed by atoms with E-state index in [9.17, 15) is 26.3 Å². The van der Waals surface area contributed by atoms with Crippen LogP contribution in [-0.4, -0.2) is 43.5 Å². The Labute approximate surface area is 221 Å². The standard InChI is InChI=1S/C13H15F3N2.C12H13F3N2O.CO2/c1-2-11-7-12(18-8-17-11)9-3-5-10(6-4-9)13(14,15)16;13-12(14,15)9-3-1-8(2-4-9)11-5-10(6-18)16-7-17-11;2-1-3/h3,7-8,10H,2,4-6H2,1H3;1,5,7,9,18H,2-4,6H2;. The summed E-state index contributed by atoms with van der Waals surface area (Å²) in [5.74, 6) is -2.45. The maximum absolute atomic E-state index is 12.5. The summed E-state index contributed by atoms with van der Waals surface area (Å²) in [4.78, 5) is 32.3. The highest BCUT2D eigenvalue weighted by atomic mass is 19.4. The van der Waals surface area contributed by atoms with Crippen LogP contribution in [0.4, 0.5) is 26.3 Å². The number of alkyl halides is 6. The second-order valence-corrected chi connectivity index (χ2v) is 8.87. The summed E-state index contributed by atoms with van der Waals surface area (Å²) in [5, 5.41) is 8.95. The first-order valence-corrected chi connectivity index (χ1v) is 12.2. The van der Waals surface area contributed by atoms with Gasteiger partial charge in [-0.15, -0.1) is 0 Å². The van der Waals surface area contributed by atoms with Gasteiger partial charge in [0.25, 0.3) is 0 Å². The van der Waals surface area contributed by atoms with Crippen molar-refractivity contribution in [2.75, 3.05) is 0 Å². The van der Waals surface area contributed by atoms with Crippen LogP contribution in [0.25, 0.3) is 11.1 Å². The van der Waals surface area contributed by atoms with Crippen molar-refractivity contribution in [3.63, 3.8) is 0 Å². The van der Waals surface area contributed by atoms with Crippen LogP contribution in [-0.2, 0) is 22.6 Å². The molecule has 2 aliphatic carbocycles. The van der Waals surface area contributed by atoms with E-state index >= 15 is 0 Å². The number of halogens is 6.